The van der Waals surface area contributed by atoms with Crippen LogP contribution in [0.5, 0.6) is 0 Å². The molecule has 0 saturated heterocycles. The van der Waals surface area contributed by atoms with Crippen molar-refractivity contribution >= 4 is 6.09 Å². The fourth-order valence-corrected chi connectivity index (χ4v) is 0.842. The second-order valence-electron chi connectivity index (χ2n) is 4.31. The van der Waals surface area contributed by atoms with Crippen molar-refractivity contribution in [3.63, 3.8) is 0 Å². The molecule has 0 radical (unpaired) electrons. The van der Waals surface area contributed by atoms with E-state index < -0.39 is 17.8 Å². The predicted octanol–water partition coefficient (Wildman–Crippen LogP) is 0.493. The number of carbonyl (C=O) groups is 1. The molecule has 0 aliphatic rings. The van der Waals surface area contributed by atoms with Gasteiger partial charge < -0.3 is 24.6 Å². The van der Waals surface area contributed by atoms with E-state index in [0.29, 0.717) is 0 Å². The molecule has 2 N–H and O–H groups in total. The van der Waals surface area contributed by atoms with Crippen molar-refractivity contribution in [2.45, 2.75) is 32.5 Å². The SMILES string of the molecule is COCOC[C@@H](O)CNC(=O)OC(C)(C)C. The lowest BCUT2D eigenvalue weighted by atomic mass is 10.2. The van der Waals surface area contributed by atoms with Crippen LogP contribution in [0.15, 0.2) is 0 Å². The monoisotopic (exact) mass is 235 g/mol. The lowest BCUT2D eigenvalue weighted by Gasteiger charge is -2.20. The summed E-state index contributed by atoms with van der Waals surface area (Å²) in [5, 5.41) is 11.8. The molecule has 6 nitrogen and oxygen atoms in total. The molecule has 0 aromatic carbocycles. The van der Waals surface area contributed by atoms with E-state index in [2.05, 4.69) is 10.1 Å². The minimum Gasteiger partial charge on any atom is -0.444 e. The highest BCUT2D eigenvalue weighted by Crippen LogP contribution is 2.06. The van der Waals surface area contributed by atoms with Gasteiger partial charge in [0.1, 0.15) is 12.4 Å². The number of alkyl carbamates (subject to hydrolysis) is 1. The third-order valence-corrected chi connectivity index (χ3v) is 1.39. The Bertz CT molecular complexity index is 202. The second-order valence-corrected chi connectivity index (χ2v) is 4.31. The van der Waals surface area contributed by atoms with Crippen molar-refractivity contribution < 1.29 is 24.1 Å². The van der Waals surface area contributed by atoms with Crippen molar-refractivity contribution in [2.24, 2.45) is 0 Å². The van der Waals surface area contributed by atoms with Gasteiger partial charge in [-0.25, -0.2) is 4.79 Å². The van der Waals surface area contributed by atoms with Gasteiger partial charge in [-0.3, -0.25) is 0 Å². The molecule has 0 aromatic rings. The van der Waals surface area contributed by atoms with E-state index in [0.717, 1.165) is 0 Å². The van der Waals surface area contributed by atoms with Crippen molar-refractivity contribution in [3.05, 3.63) is 0 Å². The molecule has 0 aliphatic carbocycles. The van der Waals surface area contributed by atoms with Gasteiger partial charge in [-0.2, -0.15) is 0 Å². The molecule has 0 fully saturated rings. The predicted molar refractivity (Wildman–Crippen MR) is 58.1 cm³/mol. The van der Waals surface area contributed by atoms with Crippen molar-refractivity contribution in [1.82, 2.24) is 5.32 Å². The van der Waals surface area contributed by atoms with Crippen LogP contribution in [0.2, 0.25) is 0 Å². The van der Waals surface area contributed by atoms with Crippen LogP contribution < -0.4 is 5.32 Å². The minimum atomic E-state index is -0.775. The molecular weight excluding hydrogens is 214 g/mol. The van der Waals surface area contributed by atoms with Gasteiger partial charge in [0, 0.05) is 13.7 Å². The Hall–Kier alpha value is -0.850. The summed E-state index contributed by atoms with van der Waals surface area (Å²) < 4.78 is 14.5. The maximum absolute atomic E-state index is 11.2. The molecule has 0 unspecified atom stereocenters. The number of hydrogen-bond donors (Lipinski definition) is 2. The largest absolute Gasteiger partial charge is 0.444 e. The van der Waals surface area contributed by atoms with Crippen LogP contribution in [0.1, 0.15) is 20.8 Å². The van der Waals surface area contributed by atoms with Crippen LogP contribution in [0.3, 0.4) is 0 Å². The van der Waals surface area contributed by atoms with E-state index in [4.69, 9.17) is 9.47 Å². The Morgan fingerprint density at radius 2 is 2.06 bits per heavy atom. The van der Waals surface area contributed by atoms with Crippen molar-refractivity contribution in [1.29, 1.82) is 0 Å². The summed E-state index contributed by atoms with van der Waals surface area (Å²) in [6.45, 7) is 5.60. The summed E-state index contributed by atoms with van der Waals surface area (Å²) in [7, 11) is 1.49. The lowest BCUT2D eigenvalue weighted by Crippen LogP contribution is -2.38. The summed E-state index contributed by atoms with van der Waals surface area (Å²) in [6.07, 6.45) is -1.33. The van der Waals surface area contributed by atoms with Gasteiger partial charge in [0.15, 0.2) is 0 Å². The Morgan fingerprint density at radius 3 is 2.56 bits per heavy atom. The topological polar surface area (TPSA) is 77.0 Å². The van der Waals surface area contributed by atoms with Gasteiger partial charge in [0.25, 0.3) is 0 Å². The highest BCUT2D eigenvalue weighted by molar-refractivity contribution is 5.67. The number of nitrogens with one attached hydrogen (secondary N) is 1. The Morgan fingerprint density at radius 1 is 1.44 bits per heavy atom. The van der Waals surface area contributed by atoms with Crippen LogP contribution in [0, 0.1) is 0 Å². The van der Waals surface area contributed by atoms with E-state index in [1.165, 1.54) is 7.11 Å². The number of carbonyl (C=O) groups excluding carboxylic acids is 1. The molecule has 0 heterocycles. The van der Waals surface area contributed by atoms with Gasteiger partial charge >= 0.3 is 6.09 Å². The first-order valence-corrected chi connectivity index (χ1v) is 5.06. The van der Waals surface area contributed by atoms with Gasteiger partial charge in [-0.15, -0.1) is 0 Å². The van der Waals surface area contributed by atoms with Crippen LogP contribution in [0.4, 0.5) is 4.79 Å². The summed E-state index contributed by atoms with van der Waals surface area (Å²) in [4.78, 5) is 11.2. The van der Waals surface area contributed by atoms with Crippen molar-refractivity contribution in [3.8, 4) is 0 Å². The summed E-state index contributed by atoms with van der Waals surface area (Å²) in [5.41, 5.74) is -0.540. The molecule has 16 heavy (non-hydrogen) atoms. The average Bonchev–Trinajstić information content (AvgIpc) is 2.12. The maximum atomic E-state index is 11.2. The van der Waals surface area contributed by atoms with Gasteiger partial charge in [0.2, 0.25) is 0 Å². The van der Waals surface area contributed by atoms with E-state index in [1.807, 2.05) is 0 Å². The summed E-state index contributed by atoms with van der Waals surface area (Å²) in [5.74, 6) is 0. The minimum absolute atomic E-state index is 0.0820. The van der Waals surface area contributed by atoms with Crippen LogP contribution in [-0.2, 0) is 14.2 Å². The molecular formula is C10H21NO5. The number of hydrogen-bond acceptors (Lipinski definition) is 5. The zero-order valence-electron chi connectivity index (χ0n) is 10.3. The van der Waals surface area contributed by atoms with E-state index >= 15 is 0 Å². The molecule has 1 atom stereocenters. The summed E-state index contributed by atoms with van der Waals surface area (Å²) in [6, 6.07) is 0. The van der Waals surface area contributed by atoms with Crippen LogP contribution >= 0.6 is 0 Å². The molecule has 0 bridgehead atoms. The van der Waals surface area contributed by atoms with Gasteiger partial charge in [-0.05, 0) is 20.8 Å². The smallest absolute Gasteiger partial charge is 0.407 e. The van der Waals surface area contributed by atoms with Crippen LogP contribution in [0.25, 0.3) is 0 Å². The molecule has 6 heteroatoms. The van der Waals surface area contributed by atoms with Crippen LogP contribution in [-0.4, -0.2) is 50.0 Å². The number of aliphatic hydroxyl groups excluding tert-OH is 1. The number of amides is 1. The highest BCUT2D eigenvalue weighted by Gasteiger charge is 2.16. The fraction of sp³-hybridized carbons (Fsp3) is 0.900. The molecule has 0 rings (SSSR count). The Labute approximate surface area is 95.9 Å². The van der Waals surface area contributed by atoms with E-state index in [-0.39, 0.29) is 19.9 Å². The van der Waals surface area contributed by atoms with Gasteiger partial charge in [-0.1, -0.05) is 0 Å². The first-order chi connectivity index (χ1) is 7.35. The zero-order chi connectivity index (χ0) is 12.6. The van der Waals surface area contributed by atoms with Gasteiger partial charge in [0.05, 0.1) is 12.7 Å². The first kappa shape index (κ1) is 15.2. The fourth-order valence-electron chi connectivity index (χ4n) is 0.842. The third kappa shape index (κ3) is 9.70. The summed E-state index contributed by atoms with van der Waals surface area (Å²) >= 11 is 0. The van der Waals surface area contributed by atoms with E-state index in [1.54, 1.807) is 20.8 Å². The standard InChI is InChI=1S/C10H21NO5/c1-10(2,3)16-9(13)11-5-8(12)6-15-7-14-4/h8,12H,5-7H2,1-4H3,(H,11,13)/t8-/m0/s1. The maximum Gasteiger partial charge on any atom is 0.407 e. The highest BCUT2D eigenvalue weighted by atomic mass is 16.7. The Kier molecular flexibility index (Phi) is 7.03. The van der Waals surface area contributed by atoms with Crippen molar-refractivity contribution in [2.75, 3.05) is 27.1 Å². The zero-order valence-corrected chi connectivity index (χ0v) is 10.3. The average molecular weight is 235 g/mol. The molecule has 0 aliphatic heterocycles. The lowest BCUT2D eigenvalue weighted by molar-refractivity contribution is -0.0608. The number of aliphatic hydroxyl groups is 1. The van der Waals surface area contributed by atoms with E-state index in [9.17, 15) is 9.90 Å². The normalized spacial score (nSPS) is 13.3. The number of methoxy groups -OCH3 is 1. The molecule has 0 aromatic heterocycles. The molecule has 1 amide bonds. The molecule has 0 saturated carbocycles. The number of rotatable bonds is 6. The second kappa shape index (κ2) is 7.43. The third-order valence-electron chi connectivity index (χ3n) is 1.39. The number of ether oxygens (including phenoxy) is 3. The quantitative estimate of drug-likeness (QED) is 0.517. The molecule has 96 valence electrons. The first-order valence-electron chi connectivity index (χ1n) is 5.06. The molecule has 0 spiro atoms. The Balaban J connectivity index is 3.59.